The van der Waals surface area contributed by atoms with Crippen LogP contribution in [0.25, 0.3) is 0 Å². The lowest BCUT2D eigenvalue weighted by Crippen LogP contribution is -2.33. The standard InChI is InChI=1S/C10H10F3N3O2/c11-10(12,13)6-3-5(1-2-7(6)14)9(18)16-4-8(15)17/h1-3H,4,14H2,(H2,15,17)(H,16,18). The van der Waals surface area contributed by atoms with Gasteiger partial charge in [0.15, 0.2) is 0 Å². The summed E-state index contributed by atoms with van der Waals surface area (Å²) < 4.78 is 37.6. The normalized spacial score (nSPS) is 11.1. The van der Waals surface area contributed by atoms with E-state index in [1.807, 2.05) is 0 Å². The van der Waals surface area contributed by atoms with E-state index in [1.165, 1.54) is 0 Å². The van der Waals surface area contributed by atoms with Gasteiger partial charge in [0.2, 0.25) is 5.91 Å². The third-order valence-corrected chi connectivity index (χ3v) is 2.04. The van der Waals surface area contributed by atoms with Crippen molar-refractivity contribution in [1.82, 2.24) is 5.32 Å². The highest BCUT2D eigenvalue weighted by Crippen LogP contribution is 2.33. The number of primary amides is 1. The highest BCUT2D eigenvalue weighted by atomic mass is 19.4. The quantitative estimate of drug-likeness (QED) is 0.691. The predicted octanol–water partition coefficient (Wildman–Crippen LogP) is 0.503. The summed E-state index contributed by atoms with van der Waals surface area (Å²) in [5, 5.41) is 2.07. The van der Waals surface area contributed by atoms with Crippen molar-refractivity contribution in [2.75, 3.05) is 12.3 Å². The molecular weight excluding hydrogens is 251 g/mol. The van der Waals surface area contributed by atoms with Gasteiger partial charge in [0.1, 0.15) is 0 Å². The van der Waals surface area contributed by atoms with Crippen LogP contribution in [0.15, 0.2) is 18.2 Å². The molecule has 18 heavy (non-hydrogen) atoms. The zero-order valence-electron chi connectivity index (χ0n) is 9.04. The number of halogens is 3. The molecule has 5 nitrogen and oxygen atoms in total. The van der Waals surface area contributed by atoms with Crippen LogP contribution in [0, 0.1) is 0 Å². The molecule has 98 valence electrons. The molecule has 0 spiro atoms. The first-order chi connectivity index (χ1) is 8.21. The van der Waals surface area contributed by atoms with Crippen molar-refractivity contribution in [3.05, 3.63) is 29.3 Å². The van der Waals surface area contributed by atoms with E-state index in [-0.39, 0.29) is 5.56 Å². The molecule has 0 aliphatic rings. The second kappa shape index (κ2) is 4.94. The molecule has 0 bridgehead atoms. The first-order valence-corrected chi connectivity index (χ1v) is 4.75. The molecule has 8 heteroatoms. The molecule has 0 saturated heterocycles. The summed E-state index contributed by atoms with van der Waals surface area (Å²) in [6.07, 6.45) is -4.65. The van der Waals surface area contributed by atoms with E-state index in [0.717, 1.165) is 12.1 Å². The molecule has 0 aliphatic carbocycles. The SMILES string of the molecule is NC(=O)CNC(=O)c1ccc(N)c(C(F)(F)F)c1. The summed E-state index contributed by atoms with van der Waals surface area (Å²) in [7, 11) is 0. The Morgan fingerprint density at radius 2 is 1.89 bits per heavy atom. The second-order valence-electron chi connectivity index (χ2n) is 3.45. The Morgan fingerprint density at radius 3 is 2.39 bits per heavy atom. The lowest BCUT2D eigenvalue weighted by atomic mass is 10.1. The second-order valence-corrected chi connectivity index (χ2v) is 3.45. The van der Waals surface area contributed by atoms with Crippen molar-refractivity contribution in [1.29, 1.82) is 0 Å². The third kappa shape index (κ3) is 3.37. The zero-order valence-corrected chi connectivity index (χ0v) is 9.04. The van der Waals surface area contributed by atoms with Crippen molar-refractivity contribution >= 4 is 17.5 Å². The van der Waals surface area contributed by atoms with Gasteiger partial charge in [0.25, 0.3) is 5.91 Å². The van der Waals surface area contributed by atoms with Gasteiger partial charge >= 0.3 is 6.18 Å². The summed E-state index contributed by atoms with van der Waals surface area (Å²) >= 11 is 0. The van der Waals surface area contributed by atoms with Gasteiger partial charge in [-0.3, -0.25) is 9.59 Å². The summed E-state index contributed by atoms with van der Waals surface area (Å²) in [6.45, 7) is -0.454. The first-order valence-electron chi connectivity index (χ1n) is 4.75. The number of hydrogen-bond donors (Lipinski definition) is 3. The molecule has 5 N–H and O–H groups in total. The molecule has 0 fully saturated rings. The predicted molar refractivity (Wildman–Crippen MR) is 57.4 cm³/mol. The van der Waals surface area contributed by atoms with Gasteiger partial charge in [-0.25, -0.2) is 0 Å². The van der Waals surface area contributed by atoms with E-state index in [0.29, 0.717) is 6.07 Å². The number of nitrogen functional groups attached to an aromatic ring is 1. The average molecular weight is 261 g/mol. The number of carbonyl (C=O) groups is 2. The van der Waals surface area contributed by atoms with Gasteiger partial charge in [-0.1, -0.05) is 0 Å². The number of amides is 2. The molecule has 0 atom stereocenters. The van der Waals surface area contributed by atoms with Crippen LogP contribution < -0.4 is 16.8 Å². The van der Waals surface area contributed by atoms with E-state index in [9.17, 15) is 22.8 Å². The Bertz CT molecular complexity index is 486. The van der Waals surface area contributed by atoms with Gasteiger partial charge < -0.3 is 16.8 Å². The summed E-state index contributed by atoms with van der Waals surface area (Å²) in [5.74, 6) is -1.63. The fourth-order valence-electron chi connectivity index (χ4n) is 1.21. The first kappa shape index (κ1) is 13.8. The van der Waals surface area contributed by atoms with Gasteiger partial charge in [0.05, 0.1) is 12.1 Å². The maximum atomic E-state index is 12.5. The highest BCUT2D eigenvalue weighted by molar-refractivity contribution is 5.96. The maximum absolute atomic E-state index is 12.5. The van der Waals surface area contributed by atoms with Crippen LogP contribution >= 0.6 is 0 Å². The molecule has 2 amide bonds. The lowest BCUT2D eigenvalue weighted by molar-refractivity contribution is -0.137. The molecule has 0 aliphatic heterocycles. The van der Waals surface area contributed by atoms with Crippen molar-refractivity contribution in [2.45, 2.75) is 6.18 Å². The van der Waals surface area contributed by atoms with Crippen molar-refractivity contribution < 1.29 is 22.8 Å². The van der Waals surface area contributed by atoms with Crippen LogP contribution in [-0.4, -0.2) is 18.4 Å². The van der Waals surface area contributed by atoms with Crippen LogP contribution in [0.1, 0.15) is 15.9 Å². The van der Waals surface area contributed by atoms with E-state index in [4.69, 9.17) is 11.5 Å². The maximum Gasteiger partial charge on any atom is 0.418 e. The molecular formula is C10H10F3N3O2. The molecule has 0 saturated carbocycles. The Kier molecular flexibility index (Phi) is 3.79. The fourth-order valence-corrected chi connectivity index (χ4v) is 1.21. The molecule has 0 unspecified atom stereocenters. The number of hydrogen-bond acceptors (Lipinski definition) is 3. The molecule has 0 aromatic heterocycles. The number of rotatable bonds is 3. The zero-order chi connectivity index (χ0) is 13.9. The van der Waals surface area contributed by atoms with E-state index < -0.39 is 35.8 Å². The molecule has 1 rings (SSSR count). The number of nitrogens with two attached hydrogens (primary N) is 2. The minimum atomic E-state index is -4.65. The van der Waals surface area contributed by atoms with Crippen LogP contribution in [0.4, 0.5) is 18.9 Å². The van der Waals surface area contributed by atoms with Gasteiger partial charge in [-0.05, 0) is 18.2 Å². The monoisotopic (exact) mass is 261 g/mol. The van der Waals surface area contributed by atoms with Gasteiger partial charge in [0, 0.05) is 11.3 Å². The Morgan fingerprint density at radius 1 is 1.28 bits per heavy atom. The number of alkyl halides is 3. The van der Waals surface area contributed by atoms with Crippen LogP contribution in [0.3, 0.4) is 0 Å². The largest absolute Gasteiger partial charge is 0.418 e. The molecule has 1 aromatic rings. The van der Waals surface area contributed by atoms with Crippen LogP contribution in [0.5, 0.6) is 0 Å². The highest BCUT2D eigenvalue weighted by Gasteiger charge is 2.33. The Hall–Kier alpha value is -2.25. The summed E-state index contributed by atoms with van der Waals surface area (Å²) in [5.41, 5.74) is 8.13. The minimum Gasteiger partial charge on any atom is -0.398 e. The summed E-state index contributed by atoms with van der Waals surface area (Å²) in [4.78, 5) is 21.8. The van der Waals surface area contributed by atoms with Crippen molar-refractivity contribution in [3.8, 4) is 0 Å². The topological polar surface area (TPSA) is 98.2 Å². The Labute approximate surface area is 99.9 Å². The van der Waals surface area contributed by atoms with Crippen LogP contribution in [0.2, 0.25) is 0 Å². The molecule has 0 heterocycles. The lowest BCUT2D eigenvalue weighted by Gasteiger charge is -2.11. The molecule has 0 radical (unpaired) electrons. The fraction of sp³-hybridized carbons (Fsp3) is 0.200. The van der Waals surface area contributed by atoms with E-state index in [1.54, 1.807) is 0 Å². The van der Waals surface area contributed by atoms with E-state index >= 15 is 0 Å². The van der Waals surface area contributed by atoms with Crippen molar-refractivity contribution in [2.24, 2.45) is 5.73 Å². The smallest absolute Gasteiger partial charge is 0.398 e. The number of nitrogens with one attached hydrogen (secondary N) is 1. The van der Waals surface area contributed by atoms with E-state index in [2.05, 4.69) is 5.32 Å². The molecule has 1 aromatic carbocycles. The van der Waals surface area contributed by atoms with Gasteiger partial charge in [-0.15, -0.1) is 0 Å². The Balaban J connectivity index is 2.98. The average Bonchev–Trinajstić information content (AvgIpc) is 2.24. The van der Waals surface area contributed by atoms with Crippen LogP contribution in [-0.2, 0) is 11.0 Å². The summed E-state index contributed by atoms with van der Waals surface area (Å²) in [6, 6.07) is 2.72. The third-order valence-electron chi connectivity index (χ3n) is 2.04. The van der Waals surface area contributed by atoms with Gasteiger partial charge in [-0.2, -0.15) is 13.2 Å². The number of anilines is 1. The number of carbonyl (C=O) groups excluding carboxylic acids is 2. The minimum absolute atomic E-state index is 0.252. The van der Waals surface area contributed by atoms with Crippen molar-refractivity contribution in [3.63, 3.8) is 0 Å². The number of benzene rings is 1.